The Bertz CT molecular complexity index is 1210. The SMILES string of the molecule is O=C(O)Cn1cc(N2NN(Cc3ccc4ncccc4c3)c3nccnc32)cn1. The molecule has 144 valence electrons. The number of pyridine rings is 1. The largest absolute Gasteiger partial charge is 0.480 e. The number of carbonyl (C=O) groups is 1. The van der Waals surface area contributed by atoms with Gasteiger partial charge in [-0.2, -0.15) is 5.10 Å². The molecular weight excluding hydrogens is 372 g/mol. The number of hydrogen-bond donors (Lipinski definition) is 2. The third kappa shape index (κ3) is 3.21. The minimum absolute atomic E-state index is 0.212. The van der Waals surface area contributed by atoms with Crippen LogP contribution in [0.4, 0.5) is 17.3 Å². The van der Waals surface area contributed by atoms with Crippen LogP contribution in [0.3, 0.4) is 0 Å². The first-order valence-corrected chi connectivity index (χ1v) is 8.90. The lowest BCUT2D eigenvalue weighted by molar-refractivity contribution is -0.137. The fraction of sp³-hybridized carbons (Fsp3) is 0.105. The van der Waals surface area contributed by atoms with Crippen LogP contribution in [0.2, 0.25) is 0 Å². The van der Waals surface area contributed by atoms with E-state index in [4.69, 9.17) is 5.11 Å². The minimum atomic E-state index is -0.957. The smallest absolute Gasteiger partial charge is 0.325 e. The highest BCUT2D eigenvalue weighted by molar-refractivity contribution is 5.79. The van der Waals surface area contributed by atoms with Crippen LogP contribution in [-0.2, 0) is 17.9 Å². The van der Waals surface area contributed by atoms with Crippen molar-refractivity contribution in [1.82, 2.24) is 30.3 Å². The molecule has 1 aliphatic heterocycles. The van der Waals surface area contributed by atoms with E-state index in [2.05, 4.69) is 31.7 Å². The molecule has 2 N–H and O–H groups in total. The highest BCUT2D eigenvalue weighted by Gasteiger charge is 2.30. The van der Waals surface area contributed by atoms with Gasteiger partial charge in [-0.1, -0.05) is 12.1 Å². The summed E-state index contributed by atoms with van der Waals surface area (Å²) in [6.07, 6.45) is 8.25. The Morgan fingerprint density at radius 3 is 2.79 bits per heavy atom. The number of nitrogens with one attached hydrogen (secondary N) is 1. The molecule has 4 heterocycles. The zero-order chi connectivity index (χ0) is 19.8. The summed E-state index contributed by atoms with van der Waals surface area (Å²) < 4.78 is 1.36. The first kappa shape index (κ1) is 17.1. The third-order valence-electron chi connectivity index (χ3n) is 4.53. The van der Waals surface area contributed by atoms with Crippen LogP contribution < -0.4 is 15.6 Å². The summed E-state index contributed by atoms with van der Waals surface area (Å²) in [4.78, 5) is 24.2. The van der Waals surface area contributed by atoms with E-state index in [-0.39, 0.29) is 6.54 Å². The molecule has 10 nitrogen and oxygen atoms in total. The molecule has 1 aromatic carbocycles. The fourth-order valence-corrected chi connectivity index (χ4v) is 3.28. The summed E-state index contributed by atoms with van der Waals surface area (Å²) in [7, 11) is 0. The van der Waals surface area contributed by atoms with Gasteiger partial charge in [0.2, 0.25) is 0 Å². The highest BCUT2D eigenvalue weighted by atomic mass is 16.4. The second kappa shape index (κ2) is 6.84. The van der Waals surface area contributed by atoms with Gasteiger partial charge in [0.1, 0.15) is 6.54 Å². The standard InChI is InChI=1S/C19H16N8O2/c28-17(29)12-25-11-15(9-23-25)27-19-18(21-6-7-22-19)26(24-27)10-13-3-4-16-14(8-13)2-1-5-20-16/h1-9,11,24H,10,12H2,(H,28,29). The summed E-state index contributed by atoms with van der Waals surface area (Å²) in [5.74, 6) is 0.330. The zero-order valence-electron chi connectivity index (χ0n) is 15.2. The number of anilines is 3. The summed E-state index contributed by atoms with van der Waals surface area (Å²) >= 11 is 0. The third-order valence-corrected chi connectivity index (χ3v) is 4.53. The lowest BCUT2D eigenvalue weighted by Crippen LogP contribution is -2.41. The molecule has 0 saturated carbocycles. The Morgan fingerprint density at radius 2 is 1.93 bits per heavy atom. The normalized spacial score (nSPS) is 13.1. The molecule has 0 spiro atoms. The summed E-state index contributed by atoms with van der Waals surface area (Å²) in [6.45, 7) is 0.340. The van der Waals surface area contributed by atoms with E-state index in [0.717, 1.165) is 16.5 Å². The number of carboxylic acid groups (broad SMARTS) is 1. The monoisotopic (exact) mass is 388 g/mol. The number of rotatable bonds is 5. The van der Waals surface area contributed by atoms with Crippen molar-refractivity contribution in [3.05, 3.63) is 66.9 Å². The maximum absolute atomic E-state index is 10.9. The Morgan fingerprint density at radius 1 is 1.07 bits per heavy atom. The van der Waals surface area contributed by atoms with E-state index in [1.165, 1.54) is 4.68 Å². The molecule has 0 amide bonds. The molecule has 1 aliphatic rings. The van der Waals surface area contributed by atoms with Crippen LogP contribution in [0.25, 0.3) is 10.9 Å². The van der Waals surface area contributed by atoms with Gasteiger partial charge in [-0.25, -0.2) is 15.0 Å². The van der Waals surface area contributed by atoms with Gasteiger partial charge in [0.05, 0.1) is 30.1 Å². The molecule has 0 saturated heterocycles. The zero-order valence-corrected chi connectivity index (χ0v) is 15.2. The van der Waals surface area contributed by atoms with Gasteiger partial charge in [-0.05, 0) is 23.8 Å². The number of aliphatic carboxylic acids is 1. The van der Waals surface area contributed by atoms with E-state index < -0.39 is 5.97 Å². The van der Waals surface area contributed by atoms with Crippen molar-refractivity contribution in [2.45, 2.75) is 13.1 Å². The minimum Gasteiger partial charge on any atom is -0.480 e. The average molecular weight is 388 g/mol. The van der Waals surface area contributed by atoms with Gasteiger partial charge < -0.3 is 5.11 Å². The van der Waals surface area contributed by atoms with Gasteiger partial charge in [0.25, 0.3) is 0 Å². The second-order valence-corrected chi connectivity index (χ2v) is 6.55. The van der Waals surface area contributed by atoms with Crippen LogP contribution in [-0.4, -0.2) is 35.8 Å². The van der Waals surface area contributed by atoms with Crippen LogP contribution in [0.15, 0.2) is 61.3 Å². The van der Waals surface area contributed by atoms with Crippen molar-refractivity contribution in [3.63, 3.8) is 0 Å². The van der Waals surface area contributed by atoms with Crippen LogP contribution in [0, 0.1) is 0 Å². The molecule has 3 aromatic heterocycles. The van der Waals surface area contributed by atoms with Gasteiger partial charge in [-0.15, -0.1) is 5.53 Å². The molecule has 0 radical (unpaired) electrons. The Hall–Kier alpha value is -4.05. The number of hydrazine groups is 2. The Labute approximate surface area is 165 Å². The first-order chi connectivity index (χ1) is 14.2. The lowest BCUT2D eigenvalue weighted by atomic mass is 10.1. The van der Waals surface area contributed by atoms with Crippen LogP contribution in [0.1, 0.15) is 5.56 Å². The molecular formula is C19H16N8O2. The van der Waals surface area contributed by atoms with Crippen molar-refractivity contribution in [2.75, 3.05) is 10.0 Å². The molecule has 10 heteroatoms. The molecule has 5 rings (SSSR count). The van der Waals surface area contributed by atoms with Gasteiger partial charge in [0.15, 0.2) is 11.6 Å². The van der Waals surface area contributed by atoms with Crippen LogP contribution in [0.5, 0.6) is 0 Å². The van der Waals surface area contributed by atoms with Gasteiger partial charge >= 0.3 is 5.97 Å². The number of hydrogen-bond acceptors (Lipinski definition) is 8. The predicted molar refractivity (Wildman–Crippen MR) is 105 cm³/mol. The molecule has 0 unspecified atom stereocenters. The van der Waals surface area contributed by atoms with Crippen molar-refractivity contribution < 1.29 is 9.90 Å². The van der Waals surface area contributed by atoms with Crippen LogP contribution >= 0.6 is 0 Å². The summed E-state index contributed by atoms with van der Waals surface area (Å²) in [5, 5.41) is 17.7. The summed E-state index contributed by atoms with van der Waals surface area (Å²) in [5.41, 5.74) is 5.95. The number of fused-ring (bicyclic) bond motifs is 2. The number of carboxylic acids is 1. The van der Waals surface area contributed by atoms with Crippen molar-refractivity contribution in [3.8, 4) is 0 Å². The average Bonchev–Trinajstić information content (AvgIpc) is 3.32. The summed E-state index contributed by atoms with van der Waals surface area (Å²) in [6, 6.07) is 10.1. The fourth-order valence-electron chi connectivity index (χ4n) is 3.28. The van der Waals surface area contributed by atoms with E-state index >= 15 is 0 Å². The molecule has 0 fully saturated rings. The number of benzene rings is 1. The maximum Gasteiger partial charge on any atom is 0.325 e. The topological polar surface area (TPSA) is 112 Å². The lowest BCUT2D eigenvalue weighted by Gasteiger charge is -2.20. The number of aromatic nitrogens is 5. The Balaban J connectivity index is 1.44. The van der Waals surface area contributed by atoms with Crippen molar-refractivity contribution >= 4 is 34.2 Å². The highest BCUT2D eigenvalue weighted by Crippen LogP contribution is 2.34. The van der Waals surface area contributed by atoms with E-state index in [0.29, 0.717) is 23.9 Å². The molecule has 0 bridgehead atoms. The quantitative estimate of drug-likeness (QED) is 0.529. The van der Waals surface area contributed by atoms with E-state index in [1.54, 1.807) is 36.0 Å². The van der Waals surface area contributed by atoms with E-state index in [9.17, 15) is 4.79 Å². The number of nitrogens with zero attached hydrogens (tertiary/aromatic N) is 7. The first-order valence-electron chi connectivity index (χ1n) is 8.90. The predicted octanol–water partition coefficient (Wildman–Crippen LogP) is 1.88. The van der Waals surface area contributed by atoms with Crippen molar-refractivity contribution in [1.29, 1.82) is 0 Å². The van der Waals surface area contributed by atoms with Gasteiger partial charge in [-0.3, -0.25) is 19.5 Å². The van der Waals surface area contributed by atoms with Gasteiger partial charge in [0, 0.05) is 24.0 Å². The Kier molecular flexibility index (Phi) is 4.03. The second-order valence-electron chi connectivity index (χ2n) is 6.55. The van der Waals surface area contributed by atoms with E-state index in [1.807, 2.05) is 29.3 Å². The molecule has 4 aromatic rings. The van der Waals surface area contributed by atoms with Crippen molar-refractivity contribution in [2.24, 2.45) is 0 Å². The maximum atomic E-state index is 10.9. The molecule has 0 aliphatic carbocycles. The molecule has 0 atom stereocenters. The molecule has 29 heavy (non-hydrogen) atoms.